The summed E-state index contributed by atoms with van der Waals surface area (Å²) in [4.78, 5) is 0. The lowest BCUT2D eigenvalue weighted by molar-refractivity contribution is 0.389. The van der Waals surface area contributed by atoms with Crippen LogP contribution in [0.4, 0.5) is 0 Å². The minimum absolute atomic E-state index is 0.511. The van der Waals surface area contributed by atoms with Crippen molar-refractivity contribution in [2.24, 2.45) is 0 Å². The van der Waals surface area contributed by atoms with Crippen LogP contribution in [0.1, 0.15) is 5.56 Å². The Morgan fingerprint density at radius 1 is 1.12 bits per heavy atom. The number of tetrazole rings is 1. The Balaban J connectivity index is 2.56. The Labute approximate surface area is 92.6 Å². The molecule has 0 radical (unpaired) electrons. The van der Waals surface area contributed by atoms with Gasteiger partial charge in [-0.25, -0.2) is 0 Å². The summed E-state index contributed by atoms with van der Waals surface area (Å²) in [6.07, 6.45) is 0. The van der Waals surface area contributed by atoms with Crippen LogP contribution in [0.3, 0.4) is 0 Å². The number of ether oxygens (including phenoxy) is 2. The molecule has 1 aromatic heterocycles. The van der Waals surface area contributed by atoms with E-state index in [0.29, 0.717) is 5.82 Å². The third-order valence-electron chi connectivity index (χ3n) is 2.36. The summed E-state index contributed by atoms with van der Waals surface area (Å²) in [5, 5.41) is 13.7. The van der Waals surface area contributed by atoms with Crippen molar-refractivity contribution in [3.05, 3.63) is 17.7 Å². The maximum Gasteiger partial charge on any atom is 0.204 e. The van der Waals surface area contributed by atoms with Crippen molar-refractivity contribution in [2.45, 2.75) is 6.92 Å². The number of H-pyrrole nitrogens is 1. The smallest absolute Gasteiger partial charge is 0.204 e. The first kappa shape index (κ1) is 10.4. The molecule has 6 nitrogen and oxygen atoms in total. The lowest BCUT2D eigenvalue weighted by atomic mass is 10.1. The highest BCUT2D eigenvalue weighted by atomic mass is 16.5. The average molecular weight is 220 g/mol. The summed E-state index contributed by atoms with van der Waals surface area (Å²) in [5.74, 6) is 1.98. The number of nitrogens with zero attached hydrogens (tertiary/aromatic N) is 3. The molecule has 0 bridgehead atoms. The van der Waals surface area contributed by atoms with E-state index in [1.165, 1.54) is 0 Å². The Bertz CT molecular complexity index is 457. The number of benzene rings is 1. The molecule has 0 aliphatic rings. The Kier molecular flexibility index (Phi) is 2.72. The summed E-state index contributed by atoms with van der Waals surface area (Å²) in [7, 11) is 3.23. The Hall–Kier alpha value is -2.11. The maximum absolute atomic E-state index is 5.26. The second-order valence-corrected chi connectivity index (χ2v) is 3.24. The highest BCUT2D eigenvalue weighted by molar-refractivity contribution is 5.63. The number of nitrogens with one attached hydrogen (secondary N) is 1. The molecular weight excluding hydrogens is 208 g/mol. The van der Waals surface area contributed by atoms with Gasteiger partial charge in [0.15, 0.2) is 0 Å². The SMILES string of the molecule is COc1cc(-c2nn[nH]n2)cc(OC)c1C. The van der Waals surface area contributed by atoms with Gasteiger partial charge in [-0.3, -0.25) is 0 Å². The van der Waals surface area contributed by atoms with E-state index in [9.17, 15) is 0 Å². The van der Waals surface area contributed by atoms with E-state index in [-0.39, 0.29) is 0 Å². The van der Waals surface area contributed by atoms with Gasteiger partial charge in [0.1, 0.15) is 11.5 Å². The van der Waals surface area contributed by atoms with Gasteiger partial charge in [0.05, 0.1) is 14.2 Å². The van der Waals surface area contributed by atoms with Crippen LogP contribution in [0.25, 0.3) is 11.4 Å². The summed E-state index contributed by atoms with van der Waals surface area (Å²) < 4.78 is 10.5. The molecule has 0 saturated heterocycles. The molecule has 0 atom stereocenters. The van der Waals surface area contributed by atoms with Gasteiger partial charge in [0, 0.05) is 11.1 Å². The highest BCUT2D eigenvalue weighted by Gasteiger charge is 2.11. The van der Waals surface area contributed by atoms with Crippen molar-refractivity contribution in [1.82, 2.24) is 20.6 Å². The summed E-state index contributed by atoms with van der Waals surface area (Å²) in [6.45, 7) is 1.93. The number of aromatic nitrogens is 4. The lowest BCUT2D eigenvalue weighted by Crippen LogP contribution is -1.94. The lowest BCUT2D eigenvalue weighted by Gasteiger charge is -2.10. The van der Waals surface area contributed by atoms with E-state index in [1.54, 1.807) is 14.2 Å². The van der Waals surface area contributed by atoms with E-state index in [1.807, 2.05) is 19.1 Å². The van der Waals surface area contributed by atoms with Gasteiger partial charge < -0.3 is 9.47 Å². The molecule has 2 rings (SSSR count). The van der Waals surface area contributed by atoms with Crippen LogP contribution < -0.4 is 9.47 Å². The molecular formula is C10H12N4O2. The number of hydrogen-bond acceptors (Lipinski definition) is 5. The number of methoxy groups -OCH3 is 2. The normalized spacial score (nSPS) is 10.2. The zero-order chi connectivity index (χ0) is 11.5. The molecule has 0 amide bonds. The number of aromatic amines is 1. The summed E-state index contributed by atoms with van der Waals surface area (Å²) >= 11 is 0. The minimum atomic E-state index is 0.511. The van der Waals surface area contributed by atoms with Gasteiger partial charge in [-0.05, 0) is 24.3 Å². The third kappa shape index (κ3) is 1.69. The summed E-state index contributed by atoms with van der Waals surface area (Å²) in [5.41, 5.74) is 1.74. The maximum atomic E-state index is 5.26. The topological polar surface area (TPSA) is 72.9 Å². The van der Waals surface area contributed by atoms with Crippen LogP contribution in [0, 0.1) is 6.92 Å². The molecule has 1 heterocycles. The van der Waals surface area contributed by atoms with Crippen LogP contribution in [-0.2, 0) is 0 Å². The molecule has 2 aromatic rings. The monoisotopic (exact) mass is 220 g/mol. The Morgan fingerprint density at radius 3 is 2.19 bits per heavy atom. The van der Waals surface area contributed by atoms with Crippen LogP contribution in [0.5, 0.6) is 11.5 Å². The zero-order valence-electron chi connectivity index (χ0n) is 9.31. The molecule has 0 aliphatic heterocycles. The molecule has 0 aliphatic carbocycles. The van der Waals surface area contributed by atoms with Crippen LogP contribution in [0.15, 0.2) is 12.1 Å². The predicted octanol–water partition coefficient (Wildman–Crippen LogP) is 1.19. The fraction of sp³-hybridized carbons (Fsp3) is 0.300. The van der Waals surface area contributed by atoms with E-state index >= 15 is 0 Å². The molecule has 16 heavy (non-hydrogen) atoms. The third-order valence-corrected chi connectivity index (χ3v) is 2.36. The fourth-order valence-corrected chi connectivity index (χ4v) is 1.50. The van der Waals surface area contributed by atoms with Gasteiger partial charge in [-0.2, -0.15) is 5.21 Å². The van der Waals surface area contributed by atoms with Crippen molar-refractivity contribution in [2.75, 3.05) is 14.2 Å². The van der Waals surface area contributed by atoms with Gasteiger partial charge >= 0.3 is 0 Å². The molecule has 0 fully saturated rings. The largest absolute Gasteiger partial charge is 0.496 e. The first-order valence-electron chi connectivity index (χ1n) is 4.72. The van der Waals surface area contributed by atoms with Crippen LogP contribution >= 0.6 is 0 Å². The Morgan fingerprint density at radius 2 is 1.75 bits per heavy atom. The molecule has 0 saturated carbocycles. The number of rotatable bonds is 3. The van der Waals surface area contributed by atoms with E-state index in [0.717, 1.165) is 22.6 Å². The van der Waals surface area contributed by atoms with Gasteiger partial charge in [0.2, 0.25) is 5.82 Å². The molecule has 1 N–H and O–H groups in total. The first-order chi connectivity index (χ1) is 7.76. The molecule has 0 spiro atoms. The minimum Gasteiger partial charge on any atom is -0.496 e. The molecule has 84 valence electrons. The second-order valence-electron chi connectivity index (χ2n) is 3.24. The van der Waals surface area contributed by atoms with E-state index in [4.69, 9.17) is 9.47 Å². The predicted molar refractivity (Wildman–Crippen MR) is 57.5 cm³/mol. The van der Waals surface area contributed by atoms with Crippen molar-refractivity contribution >= 4 is 0 Å². The van der Waals surface area contributed by atoms with Crippen molar-refractivity contribution in [3.8, 4) is 22.9 Å². The van der Waals surface area contributed by atoms with E-state index < -0.39 is 0 Å². The molecule has 6 heteroatoms. The fourth-order valence-electron chi connectivity index (χ4n) is 1.50. The zero-order valence-corrected chi connectivity index (χ0v) is 9.31. The van der Waals surface area contributed by atoms with Gasteiger partial charge in [-0.1, -0.05) is 0 Å². The van der Waals surface area contributed by atoms with Crippen molar-refractivity contribution in [3.63, 3.8) is 0 Å². The standard InChI is InChI=1S/C10H12N4O2/c1-6-8(15-2)4-7(5-9(6)16-3)10-11-13-14-12-10/h4-5H,1-3H3,(H,11,12,13,14). The van der Waals surface area contributed by atoms with Crippen LogP contribution in [0.2, 0.25) is 0 Å². The molecule has 0 unspecified atom stereocenters. The van der Waals surface area contributed by atoms with E-state index in [2.05, 4.69) is 20.6 Å². The van der Waals surface area contributed by atoms with Crippen LogP contribution in [-0.4, -0.2) is 34.8 Å². The average Bonchev–Trinajstić information content (AvgIpc) is 2.83. The van der Waals surface area contributed by atoms with Gasteiger partial charge in [0.25, 0.3) is 0 Å². The highest BCUT2D eigenvalue weighted by Crippen LogP contribution is 2.32. The summed E-state index contributed by atoms with van der Waals surface area (Å²) in [6, 6.07) is 3.70. The number of hydrogen-bond donors (Lipinski definition) is 1. The second kappa shape index (κ2) is 4.18. The van der Waals surface area contributed by atoms with Crippen molar-refractivity contribution < 1.29 is 9.47 Å². The van der Waals surface area contributed by atoms with Gasteiger partial charge in [-0.15, -0.1) is 10.2 Å². The van der Waals surface area contributed by atoms with Crippen molar-refractivity contribution in [1.29, 1.82) is 0 Å². The first-order valence-corrected chi connectivity index (χ1v) is 4.72. The quantitative estimate of drug-likeness (QED) is 0.841. The molecule has 1 aromatic carbocycles.